The Bertz CT molecular complexity index is 931. The molecule has 1 fully saturated rings. The summed E-state index contributed by atoms with van der Waals surface area (Å²) in [7, 11) is 0. The van der Waals surface area contributed by atoms with Crippen molar-refractivity contribution in [2.45, 2.75) is 83.3 Å². The van der Waals surface area contributed by atoms with Crippen molar-refractivity contribution in [2.24, 2.45) is 0 Å². The third-order valence-electron chi connectivity index (χ3n) is 5.57. The Hall–Kier alpha value is -2.61. The highest BCUT2D eigenvalue weighted by Crippen LogP contribution is 2.28. The van der Waals surface area contributed by atoms with E-state index in [4.69, 9.17) is 20.9 Å². The lowest BCUT2D eigenvalue weighted by Gasteiger charge is -2.38. The Labute approximate surface area is 199 Å². The lowest BCUT2D eigenvalue weighted by Crippen LogP contribution is -2.57. The van der Waals surface area contributed by atoms with Crippen LogP contribution in [0.2, 0.25) is 5.02 Å². The van der Waals surface area contributed by atoms with Gasteiger partial charge in [-0.3, -0.25) is 4.79 Å². The second kappa shape index (κ2) is 11.0. The predicted octanol–water partition coefficient (Wildman–Crippen LogP) is 5.06. The van der Waals surface area contributed by atoms with Crippen LogP contribution in [-0.2, 0) is 16.0 Å². The number of alkyl carbamates (subject to hydrolysis) is 1. The number of ether oxygens (including phenoxy) is 1. The SMILES string of the molecule is CC(C)(C)OC(=O)NC1(CNC(=O)CCCc2nc(-c3ccc(Cl)cc3)no2)CCCCC1. The van der Waals surface area contributed by atoms with E-state index in [0.717, 1.165) is 37.7 Å². The van der Waals surface area contributed by atoms with Gasteiger partial charge in [-0.15, -0.1) is 0 Å². The van der Waals surface area contributed by atoms with Crippen LogP contribution in [0.1, 0.15) is 71.6 Å². The fraction of sp³-hybridized carbons (Fsp3) is 0.583. The second-order valence-corrected chi connectivity index (χ2v) is 10.1. The second-order valence-electron chi connectivity index (χ2n) is 9.62. The van der Waals surface area contributed by atoms with Gasteiger partial charge < -0.3 is 19.9 Å². The van der Waals surface area contributed by atoms with Gasteiger partial charge in [-0.05, 0) is 64.3 Å². The fourth-order valence-corrected chi connectivity index (χ4v) is 4.05. The molecule has 0 bridgehead atoms. The molecular formula is C24H33ClN4O4. The normalized spacial score (nSPS) is 15.6. The fourth-order valence-electron chi connectivity index (χ4n) is 3.92. The summed E-state index contributed by atoms with van der Waals surface area (Å²) in [5, 5.41) is 10.7. The molecule has 1 heterocycles. The number of aryl methyl sites for hydroxylation is 1. The number of carbonyl (C=O) groups excluding carboxylic acids is 2. The lowest BCUT2D eigenvalue weighted by atomic mass is 9.81. The smallest absolute Gasteiger partial charge is 0.408 e. The van der Waals surface area contributed by atoms with Crippen LogP contribution in [0.25, 0.3) is 11.4 Å². The standard InChI is InChI=1S/C24H33ClN4O4/c1-23(2,3)32-22(31)28-24(14-5-4-6-15-24)16-26-19(30)8-7-9-20-27-21(29-33-20)17-10-12-18(25)13-11-17/h10-13H,4-9,14-16H2,1-3H3,(H,26,30)(H,28,31). The minimum absolute atomic E-state index is 0.0663. The summed E-state index contributed by atoms with van der Waals surface area (Å²) in [6, 6.07) is 7.20. The highest BCUT2D eigenvalue weighted by atomic mass is 35.5. The Morgan fingerprint density at radius 2 is 1.85 bits per heavy atom. The number of amides is 2. The van der Waals surface area contributed by atoms with Gasteiger partial charge in [0.2, 0.25) is 17.6 Å². The number of halogens is 1. The molecule has 2 N–H and O–H groups in total. The van der Waals surface area contributed by atoms with Crippen molar-refractivity contribution in [2.75, 3.05) is 6.54 Å². The average Bonchev–Trinajstić information content (AvgIpc) is 3.21. The van der Waals surface area contributed by atoms with Crippen molar-refractivity contribution in [3.8, 4) is 11.4 Å². The molecule has 3 rings (SSSR count). The van der Waals surface area contributed by atoms with Crippen LogP contribution < -0.4 is 10.6 Å². The summed E-state index contributed by atoms with van der Waals surface area (Å²) in [4.78, 5) is 29.2. The molecule has 0 radical (unpaired) electrons. The van der Waals surface area contributed by atoms with E-state index in [1.807, 2.05) is 32.9 Å². The lowest BCUT2D eigenvalue weighted by molar-refractivity contribution is -0.121. The first-order chi connectivity index (χ1) is 15.6. The topological polar surface area (TPSA) is 106 Å². The van der Waals surface area contributed by atoms with Crippen molar-refractivity contribution >= 4 is 23.6 Å². The van der Waals surface area contributed by atoms with E-state index in [9.17, 15) is 9.59 Å². The molecule has 2 amide bonds. The van der Waals surface area contributed by atoms with Gasteiger partial charge in [-0.2, -0.15) is 4.98 Å². The molecule has 33 heavy (non-hydrogen) atoms. The third kappa shape index (κ3) is 8.03. The monoisotopic (exact) mass is 476 g/mol. The van der Waals surface area contributed by atoms with E-state index in [-0.39, 0.29) is 5.91 Å². The van der Waals surface area contributed by atoms with Gasteiger partial charge in [0.05, 0.1) is 5.54 Å². The summed E-state index contributed by atoms with van der Waals surface area (Å²) in [5.74, 6) is 0.921. The minimum atomic E-state index is -0.564. The quantitative estimate of drug-likeness (QED) is 0.551. The van der Waals surface area contributed by atoms with Crippen molar-refractivity contribution in [3.05, 3.63) is 35.2 Å². The van der Waals surface area contributed by atoms with Crippen LogP contribution in [-0.4, -0.2) is 39.8 Å². The van der Waals surface area contributed by atoms with Crippen LogP contribution >= 0.6 is 11.6 Å². The van der Waals surface area contributed by atoms with E-state index in [1.54, 1.807) is 12.1 Å². The molecule has 0 unspecified atom stereocenters. The number of hydrogen-bond acceptors (Lipinski definition) is 6. The number of benzene rings is 1. The van der Waals surface area contributed by atoms with Gasteiger partial charge in [-0.1, -0.05) is 36.0 Å². The highest BCUT2D eigenvalue weighted by Gasteiger charge is 2.35. The molecule has 1 aliphatic rings. The Balaban J connectivity index is 1.45. The van der Waals surface area contributed by atoms with E-state index in [2.05, 4.69) is 20.8 Å². The highest BCUT2D eigenvalue weighted by molar-refractivity contribution is 6.30. The summed E-state index contributed by atoms with van der Waals surface area (Å²) < 4.78 is 10.7. The van der Waals surface area contributed by atoms with E-state index < -0.39 is 17.2 Å². The van der Waals surface area contributed by atoms with Gasteiger partial charge in [0.1, 0.15) is 5.60 Å². The summed E-state index contributed by atoms with van der Waals surface area (Å²) in [6.07, 6.45) is 5.79. The first kappa shape index (κ1) is 25.0. The zero-order chi connectivity index (χ0) is 23.9. The molecule has 1 aromatic carbocycles. The number of nitrogens with one attached hydrogen (secondary N) is 2. The van der Waals surface area contributed by atoms with Crippen molar-refractivity contribution < 1.29 is 18.8 Å². The molecule has 0 aliphatic heterocycles. The van der Waals surface area contributed by atoms with Crippen LogP contribution in [0.5, 0.6) is 0 Å². The molecule has 0 atom stereocenters. The minimum Gasteiger partial charge on any atom is -0.444 e. The molecular weight excluding hydrogens is 444 g/mol. The molecule has 180 valence electrons. The van der Waals surface area contributed by atoms with Gasteiger partial charge >= 0.3 is 6.09 Å². The number of carbonyl (C=O) groups is 2. The molecule has 1 saturated carbocycles. The van der Waals surface area contributed by atoms with Gasteiger partial charge in [0, 0.05) is 30.0 Å². The molecule has 9 heteroatoms. The van der Waals surface area contributed by atoms with Crippen molar-refractivity contribution in [1.82, 2.24) is 20.8 Å². The maximum Gasteiger partial charge on any atom is 0.408 e. The zero-order valence-corrected chi connectivity index (χ0v) is 20.3. The number of nitrogens with zero attached hydrogens (tertiary/aromatic N) is 2. The summed E-state index contributed by atoms with van der Waals surface area (Å²) in [6.45, 7) is 5.91. The first-order valence-corrected chi connectivity index (χ1v) is 11.9. The third-order valence-corrected chi connectivity index (χ3v) is 5.82. The van der Waals surface area contributed by atoms with Crippen LogP contribution in [0.4, 0.5) is 4.79 Å². The first-order valence-electron chi connectivity index (χ1n) is 11.5. The molecule has 0 spiro atoms. The van der Waals surface area contributed by atoms with E-state index in [0.29, 0.717) is 42.5 Å². The Kier molecular flexibility index (Phi) is 8.35. The maximum atomic E-state index is 12.5. The van der Waals surface area contributed by atoms with E-state index >= 15 is 0 Å². The number of aromatic nitrogens is 2. The summed E-state index contributed by atoms with van der Waals surface area (Å²) in [5.41, 5.74) is -0.205. The molecule has 1 aliphatic carbocycles. The largest absolute Gasteiger partial charge is 0.444 e. The summed E-state index contributed by atoms with van der Waals surface area (Å²) >= 11 is 5.91. The Morgan fingerprint density at radius 3 is 2.52 bits per heavy atom. The number of hydrogen-bond donors (Lipinski definition) is 2. The van der Waals surface area contributed by atoms with Gasteiger partial charge in [-0.25, -0.2) is 4.79 Å². The van der Waals surface area contributed by atoms with Crippen molar-refractivity contribution in [1.29, 1.82) is 0 Å². The predicted molar refractivity (Wildman–Crippen MR) is 126 cm³/mol. The van der Waals surface area contributed by atoms with Gasteiger partial charge in [0.15, 0.2) is 0 Å². The molecule has 8 nitrogen and oxygen atoms in total. The average molecular weight is 477 g/mol. The van der Waals surface area contributed by atoms with E-state index in [1.165, 1.54) is 0 Å². The van der Waals surface area contributed by atoms with Gasteiger partial charge in [0.25, 0.3) is 0 Å². The Morgan fingerprint density at radius 1 is 1.15 bits per heavy atom. The van der Waals surface area contributed by atoms with Crippen molar-refractivity contribution in [3.63, 3.8) is 0 Å². The maximum absolute atomic E-state index is 12.5. The molecule has 0 saturated heterocycles. The van der Waals surface area contributed by atoms with Crippen LogP contribution in [0, 0.1) is 0 Å². The molecule has 1 aromatic heterocycles. The van der Waals surface area contributed by atoms with Crippen LogP contribution in [0.15, 0.2) is 28.8 Å². The van der Waals surface area contributed by atoms with Crippen LogP contribution in [0.3, 0.4) is 0 Å². The molecule has 2 aromatic rings. The zero-order valence-electron chi connectivity index (χ0n) is 19.6. The number of rotatable bonds is 8.